The van der Waals surface area contributed by atoms with Gasteiger partial charge in [0.25, 0.3) is 0 Å². The lowest BCUT2D eigenvalue weighted by Crippen LogP contribution is -1.82. The number of aryl methyl sites for hydroxylation is 1. The lowest BCUT2D eigenvalue weighted by Gasteiger charge is -2.01. The van der Waals surface area contributed by atoms with Gasteiger partial charge in [-0.3, -0.25) is 0 Å². The number of allylic oxidation sites excluding steroid dienone is 1. The van der Waals surface area contributed by atoms with Crippen LogP contribution < -0.4 is 0 Å². The molecule has 0 aromatic heterocycles. The van der Waals surface area contributed by atoms with Crippen molar-refractivity contribution in [3.8, 4) is 0 Å². The van der Waals surface area contributed by atoms with E-state index in [4.69, 9.17) is 0 Å². The summed E-state index contributed by atoms with van der Waals surface area (Å²) in [7, 11) is 0. The van der Waals surface area contributed by atoms with Crippen LogP contribution in [0.3, 0.4) is 0 Å². The summed E-state index contributed by atoms with van der Waals surface area (Å²) in [5, 5.41) is 0. The normalized spacial score (nSPS) is 8.62. The van der Waals surface area contributed by atoms with Crippen molar-refractivity contribution in [2.24, 2.45) is 0 Å². The maximum absolute atomic E-state index is 3.90. The highest BCUT2D eigenvalue weighted by atomic mass is 14.0. The first kappa shape index (κ1) is 12.0. The van der Waals surface area contributed by atoms with E-state index in [-0.39, 0.29) is 0 Å². The summed E-state index contributed by atoms with van der Waals surface area (Å²) in [6.07, 6.45) is 1.10. The first-order chi connectivity index (χ1) is 6.24. The van der Waals surface area contributed by atoms with Gasteiger partial charge < -0.3 is 0 Å². The third-order valence-corrected chi connectivity index (χ3v) is 1.83. The molecule has 0 atom stereocenters. The van der Waals surface area contributed by atoms with Crippen LogP contribution >= 0.6 is 0 Å². The van der Waals surface area contributed by atoms with Crippen molar-refractivity contribution < 1.29 is 0 Å². The van der Waals surface area contributed by atoms with Gasteiger partial charge in [0.2, 0.25) is 0 Å². The average Bonchev–Trinajstić information content (AvgIpc) is 2.21. The SMILES string of the molecule is C=C(C)c1cccc(CC)c1.CC. The fourth-order valence-electron chi connectivity index (χ4n) is 1.06. The average molecular weight is 176 g/mol. The van der Waals surface area contributed by atoms with Crippen LogP contribution in [0.4, 0.5) is 0 Å². The zero-order chi connectivity index (χ0) is 10.3. The zero-order valence-corrected chi connectivity index (χ0v) is 9.22. The molecule has 0 fully saturated rings. The lowest BCUT2D eigenvalue weighted by molar-refractivity contribution is 1.14. The molecular weight excluding hydrogens is 156 g/mol. The molecule has 0 nitrogen and oxygen atoms in total. The highest BCUT2D eigenvalue weighted by Gasteiger charge is 1.93. The second-order valence-corrected chi connectivity index (χ2v) is 2.83. The van der Waals surface area contributed by atoms with Gasteiger partial charge in [-0.1, -0.05) is 57.2 Å². The molecule has 0 aliphatic heterocycles. The molecule has 0 saturated carbocycles. The number of benzene rings is 1. The summed E-state index contributed by atoms with van der Waals surface area (Å²) < 4.78 is 0. The zero-order valence-electron chi connectivity index (χ0n) is 9.22. The third-order valence-electron chi connectivity index (χ3n) is 1.83. The topological polar surface area (TPSA) is 0 Å². The molecule has 0 amide bonds. The van der Waals surface area contributed by atoms with Crippen LogP contribution in [0.1, 0.15) is 38.8 Å². The van der Waals surface area contributed by atoms with E-state index in [9.17, 15) is 0 Å². The number of hydrogen-bond acceptors (Lipinski definition) is 0. The van der Waals surface area contributed by atoms with Crippen LogP contribution in [0.5, 0.6) is 0 Å². The molecular formula is C13H20. The van der Waals surface area contributed by atoms with Gasteiger partial charge >= 0.3 is 0 Å². The van der Waals surface area contributed by atoms with E-state index in [1.54, 1.807) is 0 Å². The van der Waals surface area contributed by atoms with Gasteiger partial charge in [0.15, 0.2) is 0 Å². The van der Waals surface area contributed by atoms with Crippen molar-refractivity contribution in [3.63, 3.8) is 0 Å². The molecule has 0 N–H and O–H groups in total. The first-order valence-electron chi connectivity index (χ1n) is 4.99. The molecule has 0 aliphatic rings. The second kappa shape index (κ2) is 6.47. The van der Waals surface area contributed by atoms with E-state index in [1.165, 1.54) is 11.1 Å². The smallest absolute Gasteiger partial charge is 0.0231 e. The van der Waals surface area contributed by atoms with E-state index in [0.29, 0.717) is 0 Å². The number of hydrogen-bond donors (Lipinski definition) is 0. The van der Waals surface area contributed by atoms with Crippen molar-refractivity contribution >= 4 is 5.57 Å². The van der Waals surface area contributed by atoms with Crippen LogP contribution in [0.2, 0.25) is 0 Å². The predicted octanol–water partition coefficient (Wildman–Crippen LogP) is 4.31. The minimum absolute atomic E-state index is 1.10. The molecule has 1 aromatic rings. The van der Waals surface area contributed by atoms with Crippen molar-refractivity contribution in [1.29, 1.82) is 0 Å². The van der Waals surface area contributed by atoms with Crippen LogP contribution in [0.25, 0.3) is 5.57 Å². The van der Waals surface area contributed by atoms with Crippen LogP contribution in [-0.4, -0.2) is 0 Å². The minimum Gasteiger partial charge on any atom is -0.0955 e. The second-order valence-electron chi connectivity index (χ2n) is 2.83. The summed E-state index contributed by atoms with van der Waals surface area (Å²) in [4.78, 5) is 0. The monoisotopic (exact) mass is 176 g/mol. The molecule has 0 bridgehead atoms. The largest absolute Gasteiger partial charge is 0.0955 e. The molecule has 0 spiro atoms. The highest BCUT2D eigenvalue weighted by molar-refractivity contribution is 5.61. The molecule has 13 heavy (non-hydrogen) atoms. The molecule has 0 saturated heterocycles. The molecule has 0 radical (unpaired) electrons. The molecule has 1 rings (SSSR count). The van der Waals surface area contributed by atoms with E-state index in [0.717, 1.165) is 12.0 Å². The number of rotatable bonds is 2. The van der Waals surface area contributed by atoms with E-state index in [1.807, 2.05) is 20.8 Å². The fourth-order valence-corrected chi connectivity index (χ4v) is 1.06. The maximum atomic E-state index is 3.90. The minimum atomic E-state index is 1.10. The summed E-state index contributed by atoms with van der Waals surface area (Å²) in [6, 6.07) is 8.53. The Hall–Kier alpha value is -1.04. The van der Waals surface area contributed by atoms with Gasteiger partial charge in [-0.15, -0.1) is 0 Å². The molecule has 0 heteroatoms. The quantitative estimate of drug-likeness (QED) is 0.630. The van der Waals surface area contributed by atoms with Crippen LogP contribution in [-0.2, 0) is 6.42 Å². The molecule has 0 heterocycles. The standard InChI is InChI=1S/C11H14.C2H6/c1-4-10-6-5-7-11(8-10)9(2)3;1-2/h5-8H,2,4H2,1,3H3;1-2H3. The Balaban J connectivity index is 0.000000671. The Kier molecular flexibility index (Phi) is 5.96. The summed E-state index contributed by atoms with van der Waals surface area (Å²) in [5.41, 5.74) is 3.77. The van der Waals surface area contributed by atoms with Crippen molar-refractivity contribution in [2.75, 3.05) is 0 Å². The van der Waals surface area contributed by atoms with Gasteiger partial charge in [0, 0.05) is 0 Å². The highest BCUT2D eigenvalue weighted by Crippen LogP contribution is 2.13. The van der Waals surface area contributed by atoms with E-state index >= 15 is 0 Å². The maximum Gasteiger partial charge on any atom is -0.0231 e. The Morgan fingerprint density at radius 1 is 1.31 bits per heavy atom. The van der Waals surface area contributed by atoms with Gasteiger partial charge in [-0.2, -0.15) is 0 Å². The first-order valence-corrected chi connectivity index (χ1v) is 4.99. The van der Waals surface area contributed by atoms with Crippen molar-refractivity contribution in [1.82, 2.24) is 0 Å². The van der Waals surface area contributed by atoms with Gasteiger partial charge in [0.1, 0.15) is 0 Å². The molecule has 1 aromatic carbocycles. The summed E-state index contributed by atoms with van der Waals surface area (Å²) in [5.74, 6) is 0. The summed E-state index contributed by atoms with van der Waals surface area (Å²) >= 11 is 0. The molecule has 72 valence electrons. The Bertz CT molecular complexity index is 258. The summed E-state index contributed by atoms with van der Waals surface area (Å²) in [6.45, 7) is 12.1. The third kappa shape index (κ3) is 3.93. The lowest BCUT2D eigenvalue weighted by atomic mass is 10.0. The van der Waals surface area contributed by atoms with Crippen LogP contribution in [0, 0.1) is 0 Å². The molecule has 0 aliphatic carbocycles. The Labute approximate surface area is 82.3 Å². The van der Waals surface area contributed by atoms with Crippen molar-refractivity contribution in [2.45, 2.75) is 34.1 Å². The van der Waals surface area contributed by atoms with Gasteiger partial charge in [-0.25, -0.2) is 0 Å². The molecule has 0 unspecified atom stereocenters. The van der Waals surface area contributed by atoms with E-state index in [2.05, 4.69) is 37.8 Å². The predicted molar refractivity (Wildman–Crippen MR) is 61.9 cm³/mol. The Morgan fingerprint density at radius 2 is 1.92 bits per heavy atom. The van der Waals surface area contributed by atoms with Gasteiger partial charge in [0.05, 0.1) is 0 Å². The van der Waals surface area contributed by atoms with Crippen molar-refractivity contribution in [3.05, 3.63) is 42.0 Å². The van der Waals surface area contributed by atoms with E-state index < -0.39 is 0 Å². The fraction of sp³-hybridized carbons (Fsp3) is 0.385. The Morgan fingerprint density at radius 3 is 2.38 bits per heavy atom. The van der Waals surface area contributed by atoms with Gasteiger partial charge in [-0.05, 0) is 24.5 Å². The van der Waals surface area contributed by atoms with Crippen LogP contribution in [0.15, 0.2) is 30.8 Å².